The number of ether oxygens (including phenoxy) is 1. The molecule has 5 rings (SSSR count). The molecule has 1 aliphatic carbocycles. The van der Waals surface area contributed by atoms with Crippen molar-refractivity contribution < 1.29 is 9.53 Å². The van der Waals surface area contributed by atoms with Gasteiger partial charge in [0.05, 0.1) is 23.7 Å². The van der Waals surface area contributed by atoms with Crippen molar-refractivity contribution in [1.82, 2.24) is 14.5 Å². The first-order chi connectivity index (χ1) is 14.6. The number of aromatic nitrogens is 3. The number of nitrogens with zero attached hydrogens (tertiary/aromatic N) is 3. The Balaban J connectivity index is 0.000000159. The van der Waals surface area contributed by atoms with Gasteiger partial charge in [-0.2, -0.15) is 0 Å². The summed E-state index contributed by atoms with van der Waals surface area (Å²) in [5.74, 6) is 1.21. The average molecular weight is 405 g/mol. The van der Waals surface area contributed by atoms with E-state index in [-0.39, 0.29) is 5.69 Å². The van der Waals surface area contributed by atoms with Gasteiger partial charge in [0, 0.05) is 17.5 Å². The lowest BCUT2D eigenvalue weighted by Gasteiger charge is -2.06. The van der Waals surface area contributed by atoms with Crippen LogP contribution in [0.25, 0.3) is 21.9 Å². The minimum atomic E-state index is -0.556. The second kappa shape index (κ2) is 9.39. The van der Waals surface area contributed by atoms with Crippen LogP contribution in [0.5, 0.6) is 5.75 Å². The van der Waals surface area contributed by atoms with Gasteiger partial charge in [0.2, 0.25) is 0 Å². The summed E-state index contributed by atoms with van der Waals surface area (Å²) in [6, 6.07) is 18.1. The Labute approximate surface area is 176 Å². The van der Waals surface area contributed by atoms with E-state index in [2.05, 4.69) is 39.7 Å². The van der Waals surface area contributed by atoms with E-state index in [9.17, 15) is 4.79 Å². The van der Waals surface area contributed by atoms with Gasteiger partial charge >= 0.3 is 0 Å². The smallest absolute Gasteiger partial charge is 0.267 e. The second-order valence-corrected chi connectivity index (χ2v) is 6.84. The van der Waals surface area contributed by atoms with E-state index in [0.717, 1.165) is 22.8 Å². The molecule has 156 valence electrons. The van der Waals surface area contributed by atoms with Crippen LogP contribution in [0.3, 0.4) is 0 Å². The third-order valence-corrected chi connectivity index (χ3v) is 4.83. The number of hydrogen-bond acceptors (Lipinski definition) is 4. The van der Waals surface area contributed by atoms with Crippen molar-refractivity contribution in [3.8, 4) is 5.75 Å². The van der Waals surface area contributed by atoms with Crippen molar-refractivity contribution in [1.29, 1.82) is 0 Å². The first kappa shape index (κ1) is 21.3. The molecule has 0 spiro atoms. The maximum absolute atomic E-state index is 11.0. The number of amides is 1. The monoisotopic (exact) mass is 404 g/mol. The van der Waals surface area contributed by atoms with Gasteiger partial charge in [-0.15, -0.1) is 0 Å². The SMILES string of the molecule is CC.COc1cc(C(N)=O)nc2ccccc12.Cc1nc2ccccc2n1C1CC1. The highest BCUT2D eigenvalue weighted by atomic mass is 16.5. The molecule has 0 atom stereocenters. The number of methoxy groups -OCH3 is 1. The van der Waals surface area contributed by atoms with Crippen LogP contribution in [0.2, 0.25) is 0 Å². The van der Waals surface area contributed by atoms with Crippen LogP contribution >= 0.6 is 0 Å². The maximum atomic E-state index is 11.0. The molecule has 2 N–H and O–H groups in total. The Bertz CT molecular complexity index is 1160. The predicted octanol–water partition coefficient (Wildman–Crippen LogP) is 5.05. The summed E-state index contributed by atoms with van der Waals surface area (Å²) in [5.41, 5.74) is 8.51. The van der Waals surface area contributed by atoms with Gasteiger partial charge in [0.25, 0.3) is 5.91 Å². The topological polar surface area (TPSA) is 83.0 Å². The van der Waals surface area contributed by atoms with Crippen LogP contribution in [-0.4, -0.2) is 27.6 Å². The molecule has 6 heteroatoms. The molecule has 2 aromatic carbocycles. The minimum Gasteiger partial charge on any atom is -0.496 e. The third kappa shape index (κ3) is 4.43. The molecule has 1 aliphatic rings. The Morgan fingerprint density at radius 2 is 1.67 bits per heavy atom. The number of nitrogens with two attached hydrogens (primary N) is 1. The third-order valence-electron chi connectivity index (χ3n) is 4.83. The Morgan fingerprint density at radius 1 is 1.03 bits per heavy atom. The van der Waals surface area contributed by atoms with Gasteiger partial charge < -0.3 is 15.0 Å². The highest BCUT2D eigenvalue weighted by molar-refractivity contribution is 5.96. The molecule has 1 amide bonds. The summed E-state index contributed by atoms with van der Waals surface area (Å²) in [6.07, 6.45) is 2.64. The molecule has 0 aliphatic heterocycles. The molecule has 1 fully saturated rings. The van der Waals surface area contributed by atoms with E-state index in [1.54, 1.807) is 13.2 Å². The minimum absolute atomic E-state index is 0.213. The molecule has 2 aromatic heterocycles. The first-order valence-corrected chi connectivity index (χ1v) is 10.3. The fourth-order valence-corrected chi connectivity index (χ4v) is 3.40. The van der Waals surface area contributed by atoms with Crippen LogP contribution in [0.1, 0.15) is 49.0 Å². The number of carbonyl (C=O) groups excluding carboxylic acids is 1. The van der Waals surface area contributed by atoms with Crippen LogP contribution < -0.4 is 10.5 Å². The number of fused-ring (bicyclic) bond motifs is 2. The lowest BCUT2D eigenvalue weighted by atomic mass is 10.2. The fourth-order valence-electron chi connectivity index (χ4n) is 3.40. The van der Waals surface area contributed by atoms with Crippen molar-refractivity contribution in [3.63, 3.8) is 0 Å². The summed E-state index contributed by atoms with van der Waals surface area (Å²) < 4.78 is 7.54. The Hall–Kier alpha value is -3.41. The molecule has 0 saturated heterocycles. The molecule has 0 unspecified atom stereocenters. The van der Waals surface area contributed by atoms with E-state index in [1.165, 1.54) is 18.4 Å². The molecule has 30 heavy (non-hydrogen) atoms. The number of hydrogen-bond donors (Lipinski definition) is 1. The number of benzene rings is 2. The van der Waals surface area contributed by atoms with Gasteiger partial charge in [0.1, 0.15) is 17.3 Å². The number of aryl methyl sites for hydroxylation is 1. The van der Waals surface area contributed by atoms with E-state index < -0.39 is 5.91 Å². The zero-order valence-corrected chi connectivity index (χ0v) is 17.9. The first-order valence-electron chi connectivity index (χ1n) is 10.3. The summed E-state index contributed by atoms with van der Waals surface area (Å²) in [6.45, 7) is 6.10. The van der Waals surface area contributed by atoms with Crippen LogP contribution in [0, 0.1) is 6.92 Å². The molecular weight excluding hydrogens is 376 g/mol. The quantitative estimate of drug-likeness (QED) is 0.518. The fraction of sp³-hybridized carbons (Fsp3) is 0.292. The van der Waals surface area contributed by atoms with E-state index in [1.807, 2.05) is 44.2 Å². The van der Waals surface area contributed by atoms with Crippen molar-refractivity contribution in [2.75, 3.05) is 7.11 Å². The van der Waals surface area contributed by atoms with E-state index in [4.69, 9.17) is 10.5 Å². The summed E-state index contributed by atoms with van der Waals surface area (Å²) in [4.78, 5) is 19.7. The van der Waals surface area contributed by atoms with Gasteiger partial charge in [-0.1, -0.05) is 38.1 Å². The van der Waals surface area contributed by atoms with Crippen LogP contribution in [0.15, 0.2) is 54.6 Å². The molecule has 0 radical (unpaired) electrons. The second-order valence-electron chi connectivity index (χ2n) is 6.84. The predicted molar refractivity (Wildman–Crippen MR) is 121 cm³/mol. The van der Waals surface area contributed by atoms with Gasteiger partial charge in [-0.05, 0) is 44.0 Å². The highest BCUT2D eigenvalue weighted by Gasteiger charge is 2.26. The summed E-state index contributed by atoms with van der Waals surface area (Å²) in [7, 11) is 1.55. The van der Waals surface area contributed by atoms with Crippen molar-refractivity contribution in [2.24, 2.45) is 5.73 Å². The molecular formula is C24H28N4O2. The standard InChI is InChI=1S/C11H10N2O2.C11H12N2.C2H6/c1-15-10-6-9(11(12)14)13-8-5-3-2-4-7(8)10;1-8-12-10-4-2-3-5-11(10)13(8)9-6-7-9;1-2/h2-6H,1H3,(H2,12,14);2-5,9H,6-7H2,1H3;1-2H3. The van der Waals surface area contributed by atoms with Crippen molar-refractivity contribution >= 4 is 27.8 Å². The number of primary amides is 1. The van der Waals surface area contributed by atoms with Crippen LogP contribution in [-0.2, 0) is 0 Å². The molecule has 6 nitrogen and oxygen atoms in total. The zero-order chi connectivity index (χ0) is 21.7. The number of rotatable bonds is 3. The lowest BCUT2D eigenvalue weighted by molar-refractivity contribution is 0.0995. The maximum Gasteiger partial charge on any atom is 0.267 e. The largest absolute Gasteiger partial charge is 0.496 e. The number of carbonyl (C=O) groups is 1. The van der Waals surface area contributed by atoms with Crippen molar-refractivity contribution in [2.45, 2.75) is 39.7 Å². The van der Waals surface area contributed by atoms with Crippen LogP contribution in [0.4, 0.5) is 0 Å². The van der Waals surface area contributed by atoms with E-state index in [0.29, 0.717) is 11.3 Å². The number of imidazole rings is 1. The Kier molecular flexibility index (Phi) is 6.67. The van der Waals surface area contributed by atoms with Gasteiger partial charge in [0.15, 0.2) is 0 Å². The lowest BCUT2D eigenvalue weighted by Crippen LogP contribution is -2.13. The van der Waals surface area contributed by atoms with Gasteiger partial charge in [-0.3, -0.25) is 4.79 Å². The summed E-state index contributed by atoms with van der Waals surface area (Å²) in [5, 5.41) is 0.866. The molecule has 2 heterocycles. The summed E-state index contributed by atoms with van der Waals surface area (Å²) >= 11 is 0. The Morgan fingerprint density at radius 3 is 2.30 bits per heavy atom. The molecule has 1 saturated carbocycles. The number of para-hydroxylation sites is 3. The zero-order valence-electron chi connectivity index (χ0n) is 17.9. The normalized spacial score (nSPS) is 12.5. The van der Waals surface area contributed by atoms with E-state index >= 15 is 0 Å². The highest BCUT2D eigenvalue weighted by Crippen LogP contribution is 2.38. The van der Waals surface area contributed by atoms with Gasteiger partial charge in [-0.25, -0.2) is 9.97 Å². The average Bonchev–Trinajstić information content (AvgIpc) is 3.55. The molecule has 4 aromatic rings. The van der Waals surface area contributed by atoms with Crippen molar-refractivity contribution in [3.05, 3.63) is 66.1 Å². The number of pyridine rings is 1. The molecule has 0 bridgehead atoms.